The molecule has 1 atom stereocenters. The Labute approximate surface area is 134 Å². The Hall–Kier alpha value is -1.01. The van der Waals surface area contributed by atoms with Crippen molar-refractivity contribution < 1.29 is 0 Å². The molecule has 1 unspecified atom stereocenters. The SMILES string of the molecule is CCCNc1nc(N(C)C2CCSC2)c2cc(C)sc2n1. The highest BCUT2D eigenvalue weighted by molar-refractivity contribution is 7.99. The monoisotopic (exact) mass is 322 g/mol. The van der Waals surface area contributed by atoms with E-state index < -0.39 is 0 Å². The number of nitrogens with zero attached hydrogens (tertiary/aromatic N) is 3. The van der Waals surface area contributed by atoms with E-state index in [4.69, 9.17) is 4.98 Å². The van der Waals surface area contributed by atoms with Gasteiger partial charge < -0.3 is 10.2 Å². The molecule has 0 amide bonds. The van der Waals surface area contributed by atoms with Crippen molar-refractivity contribution in [2.75, 3.05) is 35.3 Å². The molecule has 0 spiro atoms. The van der Waals surface area contributed by atoms with E-state index in [1.165, 1.54) is 28.2 Å². The fourth-order valence-corrected chi connectivity index (χ4v) is 4.75. The first kappa shape index (κ1) is 14.9. The summed E-state index contributed by atoms with van der Waals surface area (Å²) in [5, 5.41) is 4.53. The average molecular weight is 323 g/mol. The van der Waals surface area contributed by atoms with Gasteiger partial charge in [0.25, 0.3) is 0 Å². The first-order valence-corrected chi connectivity index (χ1v) is 9.48. The van der Waals surface area contributed by atoms with Crippen LogP contribution in [0.2, 0.25) is 0 Å². The summed E-state index contributed by atoms with van der Waals surface area (Å²) in [6.07, 6.45) is 2.32. The van der Waals surface area contributed by atoms with Crippen LogP contribution in [0, 0.1) is 6.92 Å². The topological polar surface area (TPSA) is 41.1 Å². The van der Waals surface area contributed by atoms with Crippen LogP contribution in [0.4, 0.5) is 11.8 Å². The summed E-state index contributed by atoms with van der Waals surface area (Å²) in [6.45, 7) is 5.21. The number of thiophene rings is 1. The van der Waals surface area contributed by atoms with E-state index in [-0.39, 0.29) is 0 Å². The average Bonchev–Trinajstić information content (AvgIpc) is 3.11. The highest BCUT2D eigenvalue weighted by Gasteiger charge is 2.24. The highest BCUT2D eigenvalue weighted by Crippen LogP contribution is 2.34. The van der Waals surface area contributed by atoms with Gasteiger partial charge in [0.1, 0.15) is 10.6 Å². The zero-order valence-corrected chi connectivity index (χ0v) is 14.5. The molecule has 1 N–H and O–H groups in total. The fourth-order valence-electron chi connectivity index (χ4n) is 2.61. The maximum Gasteiger partial charge on any atom is 0.226 e. The predicted molar refractivity (Wildman–Crippen MR) is 95.1 cm³/mol. The van der Waals surface area contributed by atoms with Crippen LogP contribution < -0.4 is 10.2 Å². The maximum absolute atomic E-state index is 4.80. The minimum absolute atomic E-state index is 0.590. The van der Waals surface area contributed by atoms with Gasteiger partial charge in [0.2, 0.25) is 5.95 Å². The van der Waals surface area contributed by atoms with Crippen LogP contribution >= 0.6 is 23.1 Å². The van der Waals surface area contributed by atoms with Gasteiger partial charge in [0, 0.05) is 30.3 Å². The van der Waals surface area contributed by atoms with Crippen LogP contribution in [0.3, 0.4) is 0 Å². The lowest BCUT2D eigenvalue weighted by molar-refractivity contribution is 0.694. The van der Waals surface area contributed by atoms with Crippen LogP contribution in [-0.2, 0) is 0 Å². The molecule has 3 heterocycles. The third-order valence-electron chi connectivity index (χ3n) is 3.82. The lowest BCUT2D eigenvalue weighted by Gasteiger charge is -2.25. The number of aromatic nitrogens is 2. The summed E-state index contributed by atoms with van der Waals surface area (Å²) in [4.78, 5) is 14.2. The molecule has 1 saturated heterocycles. The number of nitrogens with one attached hydrogen (secondary N) is 1. The summed E-state index contributed by atoms with van der Waals surface area (Å²) >= 11 is 3.79. The molecule has 0 radical (unpaired) electrons. The molecular weight excluding hydrogens is 300 g/mol. The van der Waals surface area contributed by atoms with Crippen molar-refractivity contribution in [3.63, 3.8) is 0 Å². The zero-order chi connectivity index (χ0) is 14.8. The molecule has 0 bridgehead atoms. The number of thioether (sulfide) groups is 1. The van der Waals surface area contributed by atoms with Gasteiger partial charge in [-0.05, 0) is 31.6 Å². The number of fused-ring (bicyclic) bond motifs is 1. The number of aryl methyl sites for hydroxylation is 1. The number of anilines is 2. The van der Waals surface area contributed by atoms with Crippen LogP contribution in [0.1, 0.15) is 24.6 Å². The zero-order valence-electron chi connectivity index (χ0n) is 12.8. The summed E-state index contributed by atoms with van der Waals surface area (Å²) in [7, 11) is 2.18. The Morgan fingerprint density at radius 2 is 2.29 bits per heavy atom. The quantitative estimate of drug-likeness (QED) is 0.907. The normalized spacial score (nSPS) is 18.3. The summed E-state index contributed by atoms with van der Waals surface area (Å²) in [6, 6.07) is 2.81. The molecule has 2 aromatic heterocycles. The lowest BCUT2D eigenvalue weighted by atomic mass is 10.2. The van der Waals surface area contributed by atoms with Gasteiger partial charge in [-0.1, -0.05) is 6.92 Å². The number of rotatable bonds is 5. The summed E-state index contributed by atoms with van der Waals surface area (Å²) in [5.41, 5.74) is 0. The van der Waals surface area contributed by atoms with Crippen LogP contribution in [0.25, 0.3) is 10.2 Å². The third kappa shape index (κ3) is 3.11. The van der Waals surface area contributed by atoms with Gasteiger partial charge >= 0.3 is 0 Å². The molecule has 0 aliphatic carbocycles. The van der Waals surface area contributed by atoms with E-state index >= 15 is 0 Å². The second kappa shape index (κ2) is 6.40. The molecule has 1 aliphatic rings. The second-order valence-corrected chi connectivity index (χ2v) is 7.89. The van der Waals surface area contributed by atoms with Crippen molar-refractivity contribution in [1.29, 1.82) is 0 Å². The summed E-state index contributed by atoms with van der Waals surface area (Å²) < 4.78 is 0. The van der Waals surface area contributed by atoms with Crippen LogP contribution in [0.5, 0.6) is 0 Å². The van der Waals surface area contributed by atoms with E-state index in [2.05, 4.69) is 42.2 Å². The van der Waals surface area contributed by atoms with Crippen LogP contribution in [-0.4, -0.2) is 41.1 Å². The number of hydrogen-bond acceptors (Lipinski definition) is 6. The largest absolute Gasteiger partial charge is 0.355 e. The fraction of sp³-hybridized carbons (Fsp3) is 0.600. The van der Waals surface area contributed by atoms with Crippen molar-refractivity contribution in [3.05, 3.63) is 10.9 Å². The van der Waals surface area contributed by atoms with Crippen molar-refractivity contribution in [2.45, 2.75) is 32.7 Å². The number of hydrogen-bond donors (Lipinski definition) is 1. The summed E-state index contributed by atoms with van der Waals surface area (Å²) in [5.74, 6) is 4.30. The Balaban J connectivity index is 2.00. The first-order chi connectivity index (χ1) is 10.2. The smallest absolute Gasteiger partial charge is 0.226 e. The van der Waals surface area contributed by atoms with E-state index in [0.717, 1.165) is 29.6 Å². The van der Waals surface area contributed by atoms with Crippen molar-refractivity contribution in [1.82, 2.24) is 9.97 Å². The molecule has 114 valence electrons. The first-order valence-electron chi connectivity index (χ1n) is 7.51. The Bertz CT molecular complexity index is 619. The Morgan fingerprint density at radius 3 is 3.00 bits per heavy atom. The molecule has 1 aliphatic heterocycles. The molecule has 21 heavy (non-hydrogen) atoms. The predicted octanol–water partition coefficient (Wildman–Crippen LogP) is 3.76. The van der Waals surface area contributed by atoms with Crippen molar-refractivity contribution in [2.24, 2.45) is 0 Å². The standard InChI is InChI=1S/C15H22N4S2/c1-4-6-16-15-17-13(19(3)11-5-7-20-9-11)12-8-10(2)21-14(12)18-15/h8,11H,4-7,9H2,1-3H3,(H,16,17,18). The molecule has 0 saturated carbocycles. The molecule has 2 aromatic rings. The molecule has 3 rings (SSSR count). The molecule has 1 fully saturated rings. The van der Waals surface area contributed by atoms with Gasteiger partial charge in [0.05, 0.1) is 5.39 Å². The van der Waals surface area contributed by atoms with Gasteiger partial charge in [-0.15, -0.1) is 11.3 Å². The van der Waals surface area contributed by atoms with Gasteiger partial charge in [-0.25, -0.2) is 4.98 Å². The molecule has 4 nitrogen and oxygen atoms in total. The highest BCUT2D eigenvalue weighted by atomic mass is 32.2. The van der Waals surface area contributed by atoms with Gasteiger partial charge in [-0.2, -0.15) is 16.7 Å². The van der Waals surface area contributed by atoms with Crippen molar-refractivity contribution >= 4 is 45.1 Å². The Kier molecular flexibility index (Phi) is 4.54. The van der Waals surface area contributed by atoms with Crippen LogP contribution in [0.15, 0.2) is 6.07 Å². The van der Waals surface area contributed by atoms with E-state index in [9.17, 15) is 0 Å². The lowest BCUT2D eigenvalue weighted by Crippen LogP contribution is -2.32. The van der Waals surface area contributed by atoms with Gasteiger partial charge in [-0.3, -0.25) is 0 Å². The van der Waals surface area contributed by atoms with E-state index in [1.807, 2.05) is 11.8 Å². The second-order valence-electron chi connectivity index (χ2n) is 5.50. The molecule has 0 aromatic carbocycles. The Morgan fingerprint density at radius 1 is 1.43 bits per heavy atom. The minimum Gasteiger partial charge on any atom is -0.355 e. The third-order valence-corrected chi connectivity index (χ3v) is 5.91. The molecular formula is C15H22N4S2. The van der Waals surface area contributed by atoms with E-state index in [0.29, 0.717) is 6.04 Å². The maximum atomic E-state index is 4.80. The van der Waals surface area contributed by atoms with E-state index in [1.54, 1.807) is 11.3 Å². The van der Waals surface area contributed by atoms with Gasteiger partial charge in [0.15, 0.2) is 0 Å². The molecule has 6 heteroatoms. The minimum atomic E-state index is 0.590. The van der Waals surface area contributed by atoms with Crippen molar-refractivity contribution in [3.8, 4) is 0 Å².